The summed E-state index contributed by atoms with van der Waals surface area (Å²) in [5.41, 5.74) is 9.06. The average molecular weight is 325 g/mol. The van der Waals surface area contributed by atoms with Crippen LogP contribution in [0, 0.1) is 6.92 Å². The Labute approximate surface area is 140 Å². The van der Waals surface area contributed by atoms with E-state index in [2.05, 4.69) is 0 Å². The summed E-state index contributed by atoms with van der Waals surface area (Å²) in [5, 5.41) is 9.70. The van der Waals surface area contributed by atoms with Gasteiger partial charge in [-0.1, -0.05) is 35.9 Å². The molecule has 0 aliphatic carbocycles. The van der Waals surface area contributed by atoms with E-state index in [1.165, 1.54) is 6.07 Å². The summed E-state index contributed by atoms with van der Waals surface area (Å²) < 4.78 is 10.7. The highest BCUT2D eigenvalue weighted by molar-refractivity contribution is 5.92. The molecular formula is C19H19NO4. The third kappa shape index (κ3) is 2.80. The molecule has 0 amide bonds. The second-order valence-electron chi connectivity index (χ2n) is 5.67. The van der Waals surface area contributed by atoms with Gasteiger partial charge in [-0.3, -0.25) is 0 Å². The highest BCUT2D eigenvalue weighted by Gasteiger charge is 2.35. The van der Waals surface area contributed by atoms with E-state index in [0.717, 1.165) is 16.7 Å². The number of phenolic OH excluding ortho intramolecular Hbond substituents is 1. The van der Waals surface area contributed by atoms with E-state index in [9.17, 15) is 9.90 Å². The molecule has 0 aromatic heterocycles. The minimum atomic E-state index is -0.501. The van der Waals surface area contributed by atoms with Crippen LogP contribution in [0.1, 0.15) is 29.5 Å². The van der Waals surface area contributed by atoms with Crippen LogP contribution in [0.25, 0.3) is 0 Å². The highest BCUT2D eigenvalue weighted by Crippen LogP contribution is 2.43. The second-order valence-corrected chi connectivity index (χ2v) is 5.67. The fourth-order valence-electron chi connectivity index (χ4n) is 2.85. The molecule has 3 N–H and O–H groups in total. The zero-order chi connectivity index (χ0) is 17.3. The summed E-state index contributed by atoms with van der Waals surface area (Å²) >= 11 is 0. The predicted molar refractivity (Wildman–Crippen MR) is 89.6 cm³/mol. The summed E-state index contributed by atoms with van der Waals surface area (Å²) in [5.74, 6) is -0.402. The summed E-state index contributed by atoms with van der Waals surface area (Å²) in [6.07, 6.45) is 0. The Bertz CT molecular complexity index is 809. The lowest BCUT2D eigenvalue weighted by Crippen LogP contribution is -2.27. The Hall–Kier alpha value is -2.95. The number of nitrogens with two attached hydrogens (primary N) is 1. The monoisotopic (exact) mass is 325 g/mol. The number of carbonyl (C=O) groups is 1. The van der Waals surface area contributed by atoms with Crippen LogP contribution in [-0.4, -0.2) is 17.7 Å². The van der Waals surface area contributed by atoms with Crippen LogP contribution < -0.4 is 10.5 Å². The fourth-order valence-corrected chi connectivity index (χ4v) is 2.85. The lowest BCUT2D eigenvalue weighted by molar-refractivity contribution is -0.139. The van der Waals surface area contributed by atoms with Gasteiger partial charge in [-0.25, -0.2) is 4.79 Å². The Morgan fingerprint density at radius 1 is 1.25 bits per heavy atom. The number of fused-ring (bicyclic) bond motifs is 1. The minimum absolute atomic E-state index is 0.00266. The van der Waals surface area contributed by atoms with Gasteiger partial charge in [-0.15, -0.1) is 0 Å². The van der Waals surface area contributed by atoms with Crippen LogP contribution in [0.2, 0.25) is 0 Å². The van der Waals surface area contributed by atoms with Gasteiger partial charge in [0.1, 0.15) is 17.1 Å². The van der Waals surface area contributed by atoms with Crippen LogP contribution in [-0.2, 0) is 9.53 Å². The lowest BCUT2D eigenvalue weighted by atomic mass is 9.82. The number of carbonyl (C=O) groups excluding carboxylic acids is 1. The molecule has 2 aromatic rings. The maximum atomic E-state index is 12.4. The molecule has 1 heterocycles. The van der Waals surface area contributed by atoms with E-state index in [0.29, 0.717) is 5.75 Å². The number of hydrogen-bond acceptors (Lipinski definition) is 5. The molecule has 3 rings (SSSR count). The van der Waals surface area contributed by atoms with Crippen LogP contribution in [0.5, 0.6) is 11.5 Å². The van der Waals surface area contributed by atoms with Gasteiger partial charge >= 0.3 is 5.97 Å². The Kier molecular flexibility index (Phi) is 4.16. The van der Waals surface area contributed by atoms with Crippen molar-refractivity contribution in [3.05, 3.63) is 70.6 Å². The van der Waals surface area contributed by atoms with Gasteiger partial charge in [0.05, 0.1) is 12.5 Å². The fraction of sp³-hybridized carbons (Fsp3) is 0.211. The Balaban J connectivity index is 2.18. The summed E-state index contributed by atoms with van der Waals surface area (Å²) in [6, 6.07) is 12.6. The number of hydrogen-bond donors (Lipinski definition) is 2. The Morgan fingerprint density at radius 3 is 2.62 bits per heavy atom. The lowest BCUT2D eigenvalue weighted by Gasteiger charge is -2.28. The average Bonchev–Trinajstić information content (AvgIpc) is 2.54. The topological polar surface area (TPSA) is 81.8 Å². The molecule has 0 spiro atoms. The first-order chi connectivity index (χ1) is 11.5. The SMILES string of the molecule is CCOC(=O)C1=C(N)Oc2cc(O)ccc2[C@@H]1c1ccc(C)cc1. The molecule has 0 saturated carbocycles. The molecule has 24 heavy (non-hydrogen) atoms. The number of aryl methyl sites for hydroxylation is 1. The van der Waals surface area contributed by atoms with Crippen molar-refractivity contribution in [1.82, 2.24) is 0 Å². The van der Waals surface area contributed by atoms with Crippen molar-refractivity contribution in [1.29, 1.82) is 0 Å². The van der Waals surface area contributed by atoms with Gasteiger partial charge in [-0.2, -0.15) is 0 Å². The number of phenols is 1. The van der Waals surface area contributed by atoms with Crippen molar-refractivity contribution in [2.75, 3.05) is 6.61 Å². The number of benzene rings is 2. The molecule has 1 aliphatic rings. The predicted octanol–water partition coefficient (Wildman–Crippen LogP) is 2.96. The molecule has 0 fully saturated rings. The number of aromatic hydroxyl groups is 1. The number of esters is 1. The van der Waals surface area contributed by atoms with Crippen molar-refractivity contribution in [3.63, 3.8) is 0 Å². The molecular weight excluding hydrogens is 306 g/mol. The highest BCUT2D eigenvalue weighted by atomic mass is 16.5. The van der Waals surface area contributed by atoms with Crippen molar-refractivity contribution >= 4 is 5.97 Å². The molecule has 124 valence electrons. The van der Waals surface area contributed by atoms with Crippen molar-refractivity contribution < 1.29 is 19.4 Å². The normalized spacial score (nSPS) is 16.3. The molecule has 5 heteroatoms. The van der Waals surface area contributed by atoms with E-state index in [4.69, 9.17) is 15.2 Å². The molecule has 5 nitrogen and oxygen atoms in total. The van der Waals surface area contributed by atoms with Gasteiger partial charge in [0.15, 0.2) is 0 Å². The first kappa shape index (κ1) is 15.9. The van der Waals surface area contributed by atoms with Gasteiger partial charge < -0.3 is 20.3 Å². The van der Waals surface area contributed by atoms with Crippen molar-refractivity contribution in [2.24, 2.45) is 5.73 Å². The van der Waals surface area contributed by atoms with E-state index >= 15 is 0 Å². The van der Waals surface area contributed by atoms with E-state index in [1.54, 1.807) is 19.1 Å². The van der Waals surface area contributed by atoms with Gasteiger partial charge in [0, 0.05) is 11.6 Å². The Morgan fingerprint density at radius 2 is 1.96 bits per heavy atom. The van der Waals surface area contributed by atoms with Crippen LogP contribution in [0.3, 0.4) is 0 Å². The third-order valence-corrected chi connectivity index (χ3v) is 3.99. The number of rotatable bonds is 3. The molecule has 0 bridgehead atoms. The summed E-state index contributed by atoms with van der Waals surface area (Å²) in [6.45, 7) is 3.99. The van der Waals surface area contributed by atoms with Crippen molar-refractivity contribution in [2.45, 2.75) is 19.8 Å². The number of ether oxygens (including phenoxy) is 2. The van der Waals surface area contributed by atoms with Gasteiger partial charge in [0.2, 0.25) is 5.88 Å². The van der Waals surface area contributed by atoms with Crippen LogP contribution in [0.4, 0.5) is 0 Å². The largest absolute Gasteiger partial charge is 0.508 e. The van der Waals surface area contributed by atoms with Crippen LogP contribution >= 0.6 is 0 Å². The second kappa shape index (κ2) is 6.28. The zero-order valence-corrected chi connectivity index (χ0v) is 13.6. The zero-order valence-electron chi connectivity index (χ0n) is 13.6. The summed E-state index contributed by atoms with van der Waals surface area (Å²) in [7, 11) is 0. The smallest absolute Gasteiger partial charge is 0.340 e. The van der Waals surface area contributed by atoms with Gasteiger partial charge in [-0.05, 0) is 25.5 Å². The molecule has 0 saturated heterocycles. The minimum Gasteiger partial charge on any atom is -0.508 e. The van der Waals surface area contributed by atoms with Crippen LogP contribution in [0.15, 0.2) is 53.9 Å². The quantitative estimate of drug-likeness (QED) is 0.848. The first-order valence-corrected chi connectivity index (χ1v) is 7.75. The van der Waals surface area contributed by atoms with Gasteiger partial charge in [0.25, 0.3) is 0 Å². The van der Waals surface area contributed by atoms with E-state index in [1.807, 2.05) is 31.2 Å². The standard InChI is InChI=1S/C19H19NO4/c1-3-23-19(22)17-16(12-6-4-11(2)5-7-12)14-9-8-13(21)10-15(14)24-18(17)20/h4-10,16,21H,3,20H2,1-2H3/t16-/m0/s1. The molecule has 1 atom stereocenters. The first-order valence-electron chi connectivity index (χ1n) is 7.75. The maximum absolute atomic E-state index is 12.4. The summed E-state index contributed by atoms with van der Waals surface area (Å²) in [4.78, 5) is 12.4. The van der Waals surface area contributed by atoms with E-state index < -0.39 is 11.9 Å². The maximum Gasteiger partial charge on any atom is 0.340 e. The molecule has 0 radical (unpaired) electrons. The molecule has 2 aromatic carbocycles. The van der Waals surface area contributed by atoms with E-state index in [-0.39, 0.29) is 23.8 Å². The molecule has 0 unspecified atom stereocenters. The van der Waals surface area contributed by atoms with Crippen molar-refractivity contribution in [3.8, 4) is 11.5 Å². The molecule has 1 aliphatic heterocycles. The third-order valence-electron chi connectivity index (χ3n) is 3.99.